The molecule has 2 aromatic rings. The first-order valence-electron chi connectivity index (χ1n) is 7.37. The molecule has 0 radical (unpaired) electrons. The summed E-state index contributed by atoms with van der Waals surface area (Å²) in [5, 5.41) is 15.5. The Morgan fingerprint density at radius 2 is 2.20 bits per heavy atom. The third kappa shape index (κ3) is 1.91. The van der Waals surface area contributed by atoms with Gasteiger partial charge in [-0.25, -0.2) is 4.98 Å². The van der Waals surface area contributed by atoms with Crippen molar-refractivity contribution >= 4 is 16.6 Å². The zero-order valence-electron chi connectivity index (χ0n) is 11.4. The van der Waals surface area contributed by atoms with Crippen molar-refractivity contribution < 1.29 is 5.11 Å². The molecule has 20 heavy (non-hydrogen) atoms. The van der Waals surface area contributed by atoms with E-state index in [1.807, 2.05) is 24.4 Å². The van der Waals surface area contributed by atoms with Crippen LogP contribution in [-0.4, -0.2) is 35.8 Å². The lowest BCUT2D eigenvalue weighted by molar-refractivity contribution is 0.340. The van der Waals surface area contributed by atoms with Gasteiger partial charge >= 0.3 is 0 Å². The molecule has 3 heterocycles. The van der Waals surface area contributed by atoms with Gasteiger partial charge in [-0.05, 0) is 48.9 Å². The van der Waals surface area contributed by atoms with Crippen LogP contribution >= 0.6 is 0 Å². The maximum atomic E-state index is 9.75. The van der Waals surface area contributed by atoms with Crippen molar-refractivity contribution in [2.75, 3.05) is 24.5 Å². The summed E-state index contributed by atoms with van der Waals surface area (Å²) < 4.78 is 0. The number of phenols is 1. The number of anilines is 1. The molecule has 2 aliphatic rings. The van der Waals surface area contributed by atoms with Crippen molar-refractivity contribution in [1.82, 2.24) is 10.3 Å². The second-order valence-corrected chi connectivity index (χ2v) is 5.91. The highest BCUT2D eigenvalue weighted by Gasteiger charge is 2.35. The standard InChI is InChI=1S/C16H19N3O/c20-13-4-3-11-5-7-18-16(14(11)8-13)19-9-12-2-1-6-17-15(12)10-19/h3-5,7-8,12,15,17,20H,1-2,6,9-10H2. The molecule has 1 aromatic heterocycles. The first kappa shape index (κ1) is 12.0. The predicted octanol–water partition coefficient (Wildman–Crippen LogP) is 2.13. The summed E-state index contributed by atoms with van der Waals surface area (Å²) in [6.45, 7) is 3.23. The van der Waals surface area contributed by atoms with E-state index >= 15 is 0 Å². The van der Waals surface area contributed by atoms with Gasteiger partial charge in [0, 0.05) is 30.7 Å². The number of fused-ring (bicyclic) bond motifs is 2. The fourth-order valence-electron chi connectivity index (χ4n) is 3.61. The summed E-state index contributed by atoms with van der Waals surface area (Å²) in [5.41, 5.74) is 0. The summed E-state index contributed by atoms with van der Waals surface area (Å²) in [6, 6.07) is 8.11. The van der Waals surface area contributed by atoms with E-state index in [2.05, 4.69) is 15.2 Å². The monoisotopic (exact) mass is 269 g/mol. The Hall–Kier alpha value is -1.81. The molecule has 2 unspecified atom stereocenters. The van der Waals surface area contributed by atoms with E-state index in [0.29, 0.717) is 11.8 Å². The van der Waals surface area contributed by atoms with Gasteiger partial charge in [-0.3, -0.25) is 0 Å². The smallest absolute Gasteiger partial charge is 0.136 e. The maximum absolute atomic E-state index is 9.75. The van der Waals surface area contributed by atoms with Gasteiger partial charge in [0.05, 0.1) is 0 Å². The number of pyridine rings is 1. The van der Waals surface area contributed by atoms with Crippen LogP contribution in [-0.2, 0) is 0 Å². The van der Waals surface area contributed by atoms with Crippen molar-refractivity contribution in [1.29, 1.82) is 0 Å². The molecule has 4 nitrogen and oxygen atoms in total. The van der Waals surface area contributed by atoms with E-state index in [1.165, 1.54) is 12.8 Å². The number of nitrogens with zero attached hydrogens (tertiary/aromatic N) is 2. The summed E-state index contributed by atoms with van der Waals surface area (Å²) in [4.78, 5) is 6.95. The molecular weight excluding hydrogens is 250 g/mol. The molecule has 2 N–H and O–H groups in total. The molecule has 0 aliphatic carbocycles. The molecule has 0 spiro atoms. The molecule has 1 aromatic carbocycles. The van der Waals surface area contributed by atoms with Crippen LogP contribution in [0.25, 0.3) is 10.8 Å². The highest BCUT2D eigenvalue weighted by atomic mass is 16.3. The summed E-state index contributed by atoms with van der Waals surface area (Å²) >= 11 is 0. The molecule has 4 rings (SSSR count). The minimum Gasteiger partial charge on any atom is -0.508 e. The topological polar surface area (TPSA) is 48.4 Å². The molecule has 2 atom stereocenters. The molecule has 2 saturated heterocycles. The molecular formula is C16H19N3O. The third-order valence-corrected chi connectivity index (χ3v) is 4.63. The summed E-state index contributed by atoms with van der Waals surface area (Å²) in [5.74, 6) is 2.05. The second kappa shape index (κ2) is 4.63. The zero-order valence-corrected chi connectivity index (χ0v) is 11.4. The van der Waals surface area contributed by atoms with E-state index in [1.54, 1.807) is 6.07 Å². The fourth-order valence-corrected chi connectivity index (χ4v) is 3.61. The average molecular weight is 269 g/mol. The van der Waals surface area contributed by atoms with Crippen molar-refractivity contribution in [2.45, 2.75) is 18.9 Å². The number of nitrogens with one attached hydrogen (secondary N) is 1. The van der Waals surface area contributed by atoms with Gasteiger partial charge in [0.1, 0.15) is 11.6 Å². The van der Waals surface area contributed by atoms with Crippen molar-refractivity contribution in [3.63, 3.8) is 0 Å². The highest BCUT2D eigenvalue weighted by molar-refractivity contribution is 5.93. The largest absolute Gasteiger partial charge is 0.508 e. The van der Waals surface area contributed by atoms with Crippen molar-refractivity contribution in [2.24, 2.45) is 5.92 Å². The Balaban J connectivity index is 1.73. The van der Waals surface area contributed by atoms with Gasteiger partial charge in [0.2, 0.25) is 0 Å². The second-order valence-electron chi connectivity index (χ2n) is 5.91. The van der Waals surface area contributed by atoms with Crippen LogP contribution < -0.4 is 10.2 Å². The van der Waals surface area contributed by atoms with Gasteiger partial charge in [0.25, 0.3) is 0 Å². The normalized spacial score (nSPS) is 25.9. The number of aromatic hydroxyl groups is 1. The third-order valence-electron chi connectivity index (χ3n) is 4.63. The van der Waals surface area contributed by atoms with Crippen molar-refractivity contribution in [3.05, 3.63) is 30.5 Å². The van der Waals surface area contributed by atoms with Crippen LogP contribution in [0.1, 0.15) is 12.8 Å². The molecule has 0 saturated carbocycles. The van der Waals surface area contributed by atoms with E-state index in [9.17, 15) is 5.11 Å². The SMILES string of the molecule is Oc1ccc2ccnc(N3CC4CCCNC4C3)c2c1. The van der Waals surface area contributed by atoms with Gasteiger partial charge < -0.3 is 15.3 Å². The van der Waals surface area contributed by atoms with E-state index in [-0.39, 0.29) is 0 Å². The molecule has 2 fully saturated rings. The number of rotatable bonds is 1. The number of hydrogen-bond acceptors (Lipinski definition) is 4. The van der Waals surface area contributed by atoms with Gasteiger partial charge in [0.15, 0.2) is 0 Å². The zero-order chi connectivity index (χ0) is 13.5. The Kier molecular flexibility index (Phi) is 2.77. The fraction of sp³-hybridized carbons (Fsp3) is 0.438. The number of piperidine rings is 1. The average Bonchev–Trinajstić information content (AvgIpc) is 2.90. The minimum absolute atomic E-state index is 0.307. The highest BCUT2D eigenvalue weighted by Crippen LogP contribution is 2.33. The quantitative estimate of drug-likeness (QED) is 0.832. The van der Waals surface area contributed by atoms with Crippen LogP contribution in [0, 0.1) is 5.92 Å². The maximum Gasteiger partial charge on any atom is 0.136 e. The number of hydrogen-bond donors (Lipinski definition) is 2. The lowest BCUT2D eigenvalue weighted by Crippen LogP contribution is -2.40. The first-order valence-corrected chi connectivity index (χ1v) is 7.37. The number of phenolic OH excluding ortho intramolecular Hbond substituents is 1. The minimum atomic E-state index is 0.307. The van der Waals surface area contributed by atoms with Crippen molar-refractivity contribution in [3.8, 4) is 5.75 Å². The Bertz CT molecular complexity index is 629. The summed E-state index contributed by atoms with van der Waals surface area (Å²) in [6.07, 6.45) is 4.45. The van der Waals surface area contributed by atoms with Gasteiger partial charge in [-0.15, -0.1) is 0 Å². The molecule has 0 bridgehead atoms. The van der Waals surface area contributed by atoms with Gasteiger partial charge in [-0.1, -0.05) is 6.07 Å². The van der Waals surface area contributed by atoms with Crippen LogP contribution in [0.2, 0.25) is 0 Å². The molecule has 0 amide bonds. The Labute approximate surface area is 118 Å². The molecule has 104 valence electrons. The molecule has 4 heteroatoms. The van der Waals surface area contributed by atoms with E-state index in [0.717, 1.165) is 42.1 Å². The van der Waals surface area contributed by atoms with Crippen LogP contribution in [0.3, 0.4) is 0 Å². The Morgan fingerprint density at radius 1 is 1.25 bits per heavy atom. The van der Waals surface area contributed by atoms with E-state index in [4.69, 9.17) is 0 Å². The van der Waals surface area contributed by atoms with Crippen LogP contribution in [0.15, 0.2) is 30.5 Å². The van der Waals surface area contributed by atoms with Crippen LogP contribution in [0.5, 0.6) is 5.75 Å². The lowest BCUT2D eigenvalue weighted by Gasteiger charge is -2.24. The first-order chi connectivity index (χ1) is 9.81. The van der Waals surface area contributed by atoms with E-state index < -0.39 is 0 Å². The van der Waals surface area contributed by atoms with Gasteiger partial charge in [-0.2, -0.15) is 0 Å². The summed E-state index contributed by atoms with van der Waals surface area (Å²) in [7, 11) is 0. The lowest BCUT2D eigenvalue weighted by atomic mass is 9.94. The number of aromatic nitrogens is 1. The van der Waals surface area contributed by atoms with Crippen LogP contribution in [0.4, 0.5) is 5.82 Å². The predicted molar refractivity (Wildman–Crippen MR) is 80.1 cm³/mol. The number of benzene rings is 1. The molecule has 2 aliphatic heterocycles. The Morgan fingerprint density at radius 3 is 3.10 bits per heavy atom.